The van der Waals surface area contributed by atoms with Gasteiger partial charge in [0.25, 0.3) is 5.91 Å². The molecule has 1 aromatic rings. The minimum atomic E-state index is -0.312. The van der Waals surface area contributed by atoms with E-state index in [1.807, 2.05) is 6.07 Å². The smallest absolute Gasteiger partial charge is 0.250 e. The summed E-state index contributed by atoms with van der Waals surface area (Å²) < 4.78 is 5.87. The normalized spacial score (nSPS) is 44.7. The van der Waals surface area contributed by atoms with Crippen LogP contribution in [0.1, 0.15) is 37.7 Å². The molecule has 1 amide bonds. The van der Waals surface area contributed by atoms with Gasteiger partial charge in [0.15, 0.2) is 0 Å². The van der Waals surface area contributed by atoms with Crippen molar-refractivity contribution in [1.29, 1.82) is 0 Å². The van der Waals surface area contributed by atoms with Crippen LogP contribution in [-0.2, 0) is 16.1 Å². The molecular weight excluding hydrogens is 336 g/mol. The van der Waals surface area contributed by atoms with E-state index in [-0.39, 0.29) is 12.0 Å². The van der Waals surface area contributed by atoms with Gasteiger partial charge in [0.1, 0.15) is 6.10 Å². The van der Waals surface area contributed by atoms with Gasteiger partial charge in [-0.15, -0.1) is 0 Å². The van der Waals surface area contributed by atoms with Crippen molar-refractivity contribution in [2.45, 2.75) is 50.8 Å². The number of benzene rings is 1. The minimum Gasteiger partial charge on any atom is -0.366 e. The van der Waals surface area contributed by atoms with E-state index in [1.54, 1.807) is 0 Å². The van der Waals surface area contributed by atoms with Gasteiger partial charge < -0.3 is 10.1 Å². The van der Waals surface area contributed by atoms with E-state index < -0.39 is 0 Å². The van der Waals surface area contributed by atoms with Crippen molar-refractivity contribution in [2.75, 3.05) is 19.7 Å². The van der Waals surface area contributed by atoms with Crippen LogP contribution in [0.25, 0.3) is 0 Å². The molecule has 1 aromatic carbocycles. The van der Waals surface area contributed by atoms with Crippen molar-refractivity contribution in [1.82, 2.24) is 10.2 Å². The molecule has 5 aliphatic rings. The van der Waals surface area contributed by atoms with Gasteiger partial charge in [0.2, 0.25) is 0 Å². The van der Waals surface area contributed by atoms with Gasteiger partial charge in [-0.25, -0.2) is 0 Å². The van der Waals surface area contributed by atoms with Crippen molar-refractivity contribution < 1.29 is 9.53 Å². The summed E-state index contributed by atoms with van der Waals surface area (Å²) in [7, 11) is 0. The molecule has 0 bridgehead atoms. The van der Waals surface area contributed by atoms with Gasteiger partial charge >= 0.3 is 0 Å². The van der Waals surface area contributed by atoms with E-state index in [0.717, 1.165) is 36.8 Å². The Balaban J connectivity index is 1.08. The first-order chi connectivity index (χ1) is 13.2. The molecule has 1 saturated heterocycles. The SMILES string of the molecule is O=C(NC1CC2CCC3CC4CC1C234)C1CN(Cc2ccccc2)CCO1. The van der Waals surface area contributed by atoms with E-state index in [0.29, 0.717) is 24.6 Å². The van der Waals surface area contributed by atoms with Crippen LogP contribution in [0, 0.1) is 29.1 Å². The van der Waals surface area contributed by atoms with Crippen LogP contribution in [0.2, 0.25) is 0 Å². The third-order valence-electron chi connectivity index (χ3n) is 8.78. The molecule has 0 radical (unpaired) electrons. The molecule has 6 rings (SSSR count). The molecule has 4 aliphatic carbocycles. The van der Waals surface area contributed by atoms with E-state index in [9.17, 15) is 4.79 Å². The molecule has 1 aliphatic heterocycles. The lowest BCUT2D eigenvalue weighted by Gasteiger charge is -2.66. The molecule has 5 fully saturated rings. The molecular formula is C23H30N2O2. The fourth-order valence-corrected chi connectivity index (χ4v) is 7.76. The highest BCUT2D eigenvalue weighted by Crippen LogP contribution is 2.80. The zero-order chi connectivity index (χ0) is 18.0. The van der Waals surface area contributed by atoms with Crippen LogP contribution < -0.4 is 5.32 Å². The number of carbonyl (C=O) groups excluding carboxylic acids is 1. The second kappa shape index (κ2) is 6.05. The predicted octanol–water partition coefficient (Wildman–Crippen LogP) is 2.83. The first kappa shape index (κ1) is 16.6. The Morgan fingerprint density at radius 3 is 2.70 bits per heavy atom. The molecule has 4 saturated carbocycles. The largest absolute Gasteiger partial charge is 0.366 e. The molecule has 1 heterocycles. The van der Waals surface area contributed by atoms with Crippen LogP contribution >= 0.6 is 0 Å². The number of hydrogen-bond donors (Lipinski definition) is 1. The van der Waals surface area contributed by atoms with Crippen molar-refractivity contribution in [3.8, 4) is 0 Å². The van der Waals surface area contributed by atoms with Crippen LogP contribution in [0.3, 0.4) is 0 Å². The number of amides is 1. The van der Waals surface area contributed by atoms with E-state index in [1.165, 1.54) is 37.7 Å². The van der Waals surface area contributed by atoms with Crippen LogP contribution in [0.5, 0.6) is 0 Å². The lowest BCUT2D eigenvalue weighted by atomic mass is 9.38. The molecule has 27 heavy (non-hydrogen) atoms. The molecule has 4 heteroatoms. The molecule has 0 aromatic heterocycles. The standard InChI is InChI=1S/C23H30N2O2/c26-22(21-14-25(8-9-27-21)13-15-4-2-1-3-5-15)24-20-12-17-7-6-16-10-18-11-19(20)23(16,17)18/h1-5,16-21H,6-14H2,(H,24,26). The van der Waals surface area contributed by atoms with Gasteiger partial charge in [-0.3, -0.25) is 9.69 Å². The zero-order valence-corrected chi connectivity index (χ0v) is 16.0. The summed E-state index contributed by atoms with van der Waals surface area (Å²) in [6.45, 7) is 3.15. The van der Waals surface area contributed by atoms with Crippen molar-refractivity contribution in [3.05, 3.63) is 35.9 Å². The lowest BCUT2D eigenvalue weighted by Crippen LogP contribution is -2.64. The minimum absolute atomic E-state index is 0.133. The number of carbonyl (C=O) groups is 1. The van der Waals surface area contributed by atoms with Crippen molar-refractivity contribution >= 4 is 5.91 Å². The van der Waals surface area contributed by atoms with Gasteiger partial charge in [0.05, 0.1) is 6.61 Å². The number of morpholine rings is 1. The monoisotopic (exact) mass is 366 g/mol. The fraction of sp³-hybridized carbons (Fsp3) is 0.696. The van der Waals surface area contributed by atoms with Gasteiger partial charge in [-0.05, 0) is 66.8 Å². The summed E-state index contributed by atoms with van der Waals surface area (Å²) in [5, 5.41) is 3.44. The maximum atomic E-state index is 13.0. The number of nitrogens with one attached hydrogen (secondary N) is 1. The third kappa shape index (κ3) is 2.32. The fourth-order valence-electron chi connectivity index (χ4n) is 7.76. The molecule has 4 nitrogen and oxygen atoms in total. The summed E-state index contributed by atoms with van der Waals surface area (Å²) in [6, 6.07) is 10.9. The van der Waals surface area contributed by atoms with Gasteiger partial charge in [-0.2, -0.15) is 0 Å². The average Bonchev–Trinajstić information content (AvgIpc) is 3.17. The summed E-state index contributed by atoms with van der Waals surface area (Å²) >= 11 is 0. The molecule has 7 unspecified atom stereocenters. The van der Waals surface area contributed by atoms with Crippen LogP contribution in [-0.4, -0.2) is 42.6 Å². The Hall–Kier alpha value is -1.39. The van der Waals surface area contributed by atoms with Crippen LogP contribution in [0.15, 0.2) is 30.3 Å². The van der Waals surface area contributed by atoms with Crippen molar-refractivity contribution in [3.63, 3.8) is 0 Å². The van der Waals surface area contributed by atoms with E-state index in [4.69, 9.17) is 4.74 Å². The topological polar surface area (TPSA) is 41.6 Å². The Kier molecular flexibility index (Phi) is 3.71. The summed E-state index contributed by atoms with van der Waals surface area (Å²) in [6.07, 6.45) is 6.63. The third-order valence-corrected chi connectivity index (χ3v) is 8.78. The Labute approximate surface area is 161 Å². The second-order valence-corrected chi connectivity index (χ2v) is 9.68. The van der Waals surface area contributed by atoms with Gasteiger partial charge in [0, 0.05) is 25.7 Å². The summed E-state index contributed by atoms with van der Waals surface area (Å²) in [5.41, 5.74) is 1.96. The quantitative estimate of drug-likeness (QED) is 0.891. The van der Waals surface area contributed by atoms with E-state index in [2.05, 4.69) is 34.5 Å². The van der Waals surface area contributed by atoms with Crippen molar-refractivity contribution in [2.24, 2.45) is 29.1 Å². The Bertz CT molecular complexity index is 735. The predicted molar refractivity (Wildman–Crippen MR) is 103 cm³/mol. The molecule has 144 valence electrons. The average molecular weight is 367 g/mol. The molecule has 1 spiro atoms. The van der Waals surface area contributed by atoms with Gasteiger partial charge in [-0.1, -0.05) is 30.3 Å². The highest BCUT2D eigenvalue weighted by Gasteiger charge is 2.75. The highest BCUT2D eigenvalue weighted by molar-refractivity contribution is 5.81. The Morgan fingerprint density at radius 2 is 1.93 bits per heavy atom. The maximum absolute atomic E-state index is 13.0. The Morgan fingerprint density at radius 1 is 1.11 bits per heavy atom. The zero-order valence-electron chi connectivity index (χ0n) is 16.0. The highest BCUT2D eigenvalue weighted by atomic mass is 16.5. The second-order valence-electron chi connectivity index (χ2n) is 9.68. The summed E-state index contributed by atoms with van der Waals surface area (Å²) in [4.78, 5) is 15.3. The molecule has 7 atom stereocenters. The van der Waals surface area contributed by atoms with Crippen LogP contribution in [0.4, 0.5) is 0 Å². The molecule has 1 N–H and O–H groups in total. The number of ether oxygens (including phenoxy) is 1. The number of rotatable bonds is 4. The van der Waals surface area contributed by atoms with E-state index >= 15 is 0 Å². The number of hydrogen-bond acceptors (Lipinski definition) is 3. The maximum Gasteiger partial charge on any atom is 0.250 e. The number of nitrogens with zero attached hydrogens (tertiary/aromatic N) is 1. The first-order valence-corrected chi connectivity index (χ1v) is 10.9. The first-order valence-electron chi connectivity index (χ1n) is 10.9. The lowest BCUT2D eigenvalue weighted by molar-refractivity contribution is -0.184. The summed E-state index contributed by atoms with van der Waals surface area (Å²) in [5.74, 6) is 3.77.